The van der Waals surface area contributed by atoms with E-state index in [2.05, 4.69) is 26.9 Å². The molecule has 0 aliphatic carbocycles. The second kappa shape index (κ2) is 6.42. The van der Waals surface area contributed by atoms with Crippen LogP contribution >= 0.6 is 11.3 Å². The van der Waals surface area contributed by atoms with Crippen LogP contribution in [0, 0.1) is 0 Å². The molecule has 1 N–H and O–H groups in total. The van der Waals surface area contributed by atoms with E-state index in [0.717, 1.165) is 17.1 Å². The van der Waals surface area contributed by atoms with Crippen LogP contribution in [-0.2, 0) is 13.0 Å². The molecule has 0 spiro atoms. The van der Waals surface area contributed by atoms with Gasteiger partial charge in [0.05, 0.1) is 23.4 Å². The number of halogens is 2. The van der Waals surface area contributed by atoms with Gasteiger partial charge in [-0.25, -0.2) is 9.97 Å². The summed E-state index contributed by atoms with van der Waals surface area (Å²) in [5.74, 6) is 0.634. The van der Waals surface area contributed by atoms with Gasteiger partial charge >= 0.3 is 6.61 Å². The van der Waals surface area contributed by atoms with E-state index in [1.165, 1.54) is 12.3 Å². The summed E-state index contributed by atoms with van der Waals surface area (Å²) in [6.45, 7) is -0.221. The average molecular weight is 285 g/mol. The quantitative estimate of drug-likeness (QED) is 0.884. The smallest absolute Gasteiger partial charge is 0.387 e. The molecule has 0 radical (unpaired) electrons. The van der Waals surface area contributed by atoms with Crippen molar-refractivity contribution >= 4 is 17.2 Å². The van der Waals surface area contributed by atoms with Gasteiger partial charge in [0.15, 0.2) is 0 Å². The SMILES string of the molecule is CCc1nc(CNc2ccc(OC(F)F)cn2)cs1. The maximum absolute atomic E-state index is 12.0. The average Bonchev–Trinajstić information content (AvgIpc) is 2.85. The minimum Gasteiger partial charge on any atom is -0.433 e. The molecule has 0 saturated carbocycles. The molecule has 0 amide bonds. The lowest BCUT2D eigenvalue weighted by molar-refractivity contribution is -0.0500. The Bertz CT molecular complexity index is 516. The van der Waals surface area contributed by atoms with Crippen molar-refractivity contribution in [3.63, 3.8) is 0 Å². The van der Waals surface area contributed by atoms with Crippen LogP contribution in [0.15, 0.2) is 23.7 Å². The van der Waals surface area contributed by atoms with Gasteiger partial charge in [0.2, 0.25) is 0 Å². The maximum Gasteiger partial charge on any atom is 0.387 e. The number of nitrogens with zero attached hydrogens (tertiary/aromatic N) is 2. The highest BCUT2D eigenvalue weighted by atomic mass is 32.1. The highest BCUT2D eigenvalue weighted by Crippen LogP contribution is 2.16. The van der Waals surface area contributed by atoms with Crippen LogP contribution in [-0.4, -0.2) is 16.6 Å². The molecule has 2 aromatic rings. The zero-order chi connectivity index (χ0) is 13.7. The van der Waals surface area contributed by atoms with E-state index in [-0.39, 0.29) is 5.75 Å². The van der Waals surface area contributed by atoms with Gasteiger partial charge in [0, 0.05) is 5.38 Å². The molecular formula is C12H13F2N3OS. The second-order valence-corrected chi connectivity index (χ2v) is 4.64. The van der Waals surface area contributed by atoms with Crippen molar-refractivity contribution in [1.29, 1.82) is 0 Å². The number of nitrogens with one attached hydrogen (secondary N) is 1. The third-order valence-electron chi connectivity index (χ3n) is 2.31. The van der Waals surface area contributed by atoms with Crippen LogP contribution in [0.3, 0.4) is 0 Å². The predicted octanol–water partition coefficient (Wildman–Crippen LogP) is 3.31. The Morgan fingerprint density at radius 1 is 1.42 bits per heavy atom. The summed E-state index contributed by atoms with van der Waals surface area (Å²) in [7, 11) is 0. The topological polar surface area (TPSA) is 47.0 Å². The molecule has 7 heteroatoms. The van der Waals surface area contributed by atoms with Crippen LogP contribution in [0.5, 0.6) is 5.75 Å². The Hall–Kier alpha value is -1.76. The van der Waals surface area contributed by atoms with Gasteiger partial charge in [0.1, 0.15) is 11.6 Å². The Morgan fingerprint density at radius 2 is 2.26 bits per heavy atom. The Balaban J connectivity index is 1.89. The van der Waals surface area contributed by atoms with E-state index < -0.39 is 6.61 Å². The maximum atomic E-state index is 12.0. The van der Waals surface area contributed by atoms with Crippen molar-refractivity contribution in [1.82, 2.24) is 9.97 Å². The number of aromatic nitrogens is 2. The first-order valence-corrected chi connectivity index (χ1v) is 6.63. The fourth-order valence-electron chi connectivity index (χ4n) is 1.43. The van der Waals surface area contributed by atoms with E-state index in [9.17, 15) is 8.78 Å². The molecule has 2 heterocycles. The molecular weight excluding hydrogens is 272 g/mol. The van der Waals surface area contributed by atoms with Gasteiger partial charge in [0.25, 0.3) is 0 Å². The molecule has 2 rings (SSSR count). The largest absolute Gasteiger partial charge is 0.433 e. The molecule has 0 aliphatic heterocycles. The molecule has 19 heavy (non-hydrogen) atoms. The van der Waals surface area contributed by atoms with E-state index in [1.807, 2.05) is 5.38 Å². The molecule has 102 valence electrons. The first-order chi connectivity index (χ1) is 9.17. The lowest BCUT2D eigenvalue weighted by atomic mass is 10.4. The first-order valence-electron chi connectivity index (χ1n) is 5.75. The number of hydrogen-bond acceptors (Lipinski definition) is 5. The number of alkyl halides is 2. The van der Waals surface area contributed by atoms with E-state index in [0.29, 0.717) is 12.4 Å². The Kier molecular flexibility index (Phi) is 4.62. The number of aryl methyl sites for hydroxylation is 1. The standard InChI is InChI=1S/C12H13F2N3OS/c1-2-11-17-8(7-19-11)5-15-10-4-3-9(6-16-10)18-12(13)14/h3-4,6-7,12H,2,5H2,1H3,(H,15,16). The molecule has 0 aromatic carbocycles. The van der Waals surface area contributed by atoms with E-state index in [4.69, 9.17) is 0 Å². The molecule has 0 aliphatic rings. The van der Waals surface area contributed by atoms with Crippen molar-refractivity contribution < 1.29 is 13.5 Å². The van der Waals surface area contributed by atoms with Crippen molar-refractivity contribution in [2.75, 3.05) is 5.32 Å². The minimum atomic E-state index is -2.83. The Labute approximate surface area is 113 Å². The van der Waals surface area contributed by atoms with Crippen molar-refractivity contribution in [2.24, 2.45) is 0 Å². The van der Waals surface area contributed by atoms with Crippen LogP contribution in [0.4, 0.5) is 14.6 Å². The normalized spacial score (nSPS) is 10.7. The van der Waals surface area contributed by atoms with Crippen molar-refractivity contribution in [2.45, 2.75) is 26.5 Å². The van der Waals surface area contributed by atoms with Crippen LogP contribution < -0.4 is 10.1 Å². The highest BCUT2D eigenvalue weighted by molar-refractivity contribution is 7.09. The first kappa shape index (κ1) is 13.7. The van der Waals surface area contributed by atoms with Crippen LogP contribution in [0.2, 0.25) is 0 Å². The number of thiazole rings is 1. The fourth-order valence-corrected chi connectivity index (χ4v) is 2.18. The zero-order valence-corrected chi connectivity index (χ0v) is 11.1. The number of anilines is 1. The minimum absolute atomic E-state index is 0.0440. The monoisotopic (exact) mass is 285 g/mol. The summed E-state index contributed by atoms with van der Waals surface area (Å²) in [5, 5.41) is 6.14. The summed E-state index contributed by atoms with van der Waals surface area (Å²) in [6, 6.07) is 3.03. The van der Waals surface area contributed by atoms with Gasteiger partial charge in [-0.05, 0) is 18.6 Å². The summed E-state index contributed by atoms with van der Waals surface area (Å²) in [5.41, 5.74) is 0.941. The molecule has 0 unspecified atom stereocenters. The van der Waals surface area contributed by atoms with Gasteiger partial charge in [-0.3, -0.25) is 0 Å². The van der Waals surface area contributed by atoms with Gasteiger partial charge in [-0.15, -0.1) is 11.3 Å². The molecule has 0 fully saturated rings. The summed E-state index contributed by atoms with van der Waals surface area (Å²) >= 11 is 1.62. The molecule has 2 aromatic heterocycles. The zero-order valence-electron chi connectivity index (χ0n) is 10.3. The van der Waals surface area contributed by atoms with E-state index in [1.54, 1.807) is 17.4 Å². The Morgan fingerprint density at radius 3 is 2.84 bits per heavy atom. The summed E-state index contributed by atoms with van der Waals surface area (Å²) in [6.07, 6.45) is 2.18. The molecule has 4 nitrogen and oxygen atoms in total. The van der Waals surface area contributed by atoms with E-state index >= 15 is 0 Å². The molecule has 0 atom stereocenters. The predicted molar refractivity (Wildman–Crippen MR) is 69.7 cm³/mol. The molecule has 0 bridgehead atoms. The van der Waals surface area contributed by atoms with Gasteiger partial charge < -0.3 is 10.1 Å². The van der Waals surface area contributed by atoms with Crippen molar-refractivity contribution in [3.8, 4) is 5.75 Å². The lowest BCUT2D eigenvalue weighted by Gasteiger charge is -2.06. The van der Waals surface area contributed by atoms with Crippen LogP contribution in [0.25, 0.3) is 0 Å². The highest BCUT2D eigenvalue weighted by Gasteiger charge is 2.05. The summed E-state index contributed by atoms with van der Waals surface area (Å²) in [4.78, 5) is 8.39. The summed E-state index contributed by atoms with van der Waals surface area (Å²) < 4.78 is 28.1. The number of pyridine rings is 1. The second-order valence-electron chi connectivity index (χ2n) is 3.70. The third-order valence-corrected chi connectivity index (χ3v) is 3.36. The fraction of sp³-hybridized carbons (Fsp3) is 0.333. The van der Waals surface area contributed by atoms with Crippen LogP contribution in [0.1, 0.15) is 17.6 Å². The third kappa shape index (κ3) is 4.13. The van der Waals surface area contributed by atoms with Crippen molar-refractivity contribution in [3.05, 3.63) is 34.4 Å². The number of hydrogen-bond donors (Lipinski definition) is 1. The molecule has 0 saturated heterocycles. The van der Waals surface area contributed by atoms with Gasteiger partial charge in [-0.2, -0.15) is 8.78 Å². The van der Waals surface area contributed by atoms with Gasteiger partial charge in [-0.1, -0.05) is 6.92 Å². The lowest BCUT2D eigenvalue weighted by Crippen LogP contribution is -2.04. The number of rotatable bonds is 6. The number of ether oxygens (including phenoxy) is 1.